The second-order valence-corrected chi connectivity index (χ2v) is 7.60. The Bertz CT molecular complexity index is 1080. The number of thiazole rings is 1. The molecule has 2 aromatic heterocycles. The van der Waals surface area contributed by atoms with Gasteiger partial charge >= 0.3 is 0 Å². The van der Waals surface area contributed by atoms with E-state index in [0.717, 1.165) is 5.69 Å². The zero-order chi connectivity index (χ0) is 20.7. The molecule has 0 bridgehead atoms. The predicted molar refractivity (Wildman–Crippen MR) is 103 cm³/mol. The van der Waals surface area contributed by atoms with E-state index in [0.29, 0.717) is 16.0 Å². The second-order valence-electron chi connectivity index (χ2n) is 6.75. The number of aryl methyl sites for hydroxylation is 1. The summed E-state index contributed by atoms with van der Waals surface area (Å²) in [6.45, 7) is 1.28. The monoisotopic (exact) mass is 421 g/mol. The van der Waals surface area contributed by atoms with Crippen molar-refractivity contribution < 1.29 is 34.3 Å². The van der Waals surface area contributed by atoms with Gasteiger partial charge in [0.1, 0.15) is 47.0 Å². The third-order valence-electron chi connectivity index (χ3n) is 4.70. The molecule has 1 aliphatic rings. The van der Waals surface area contributed by atoms with Crippen LogP contribution in [0.4, 0.5) is 0 Å². The van der Waals surface area contributed by atoms with Crippen molar-refractivity contribution in [2.75, 3.05) is 6.61 Å². The average molecular weight is 421 g/mol. The van der Waals surface area contributed by atoms with E-state index in [4.69, 9.17) is 13.9 Å². The zero-order valence-electron chi connectivity index (χ0n) is 15.3. The van der Waals surface area contributed by atoms with E-state index < -0.39 is 37.3 Å². The number of ether oxygens (including phenoxy) is 2. The summed E-state index contributed by atoms with van der Waals surface area (Å²) >= 11 is 1.35. The van der Waals surface area contributed by atoms with E-state index >= 15 is 0 Å². The number of aliphatic hydroxyl groups is 4. The molecule has 5 atom stereocenters. The van der Waals surface area contributed by atoms with Crippen molar-refractivity contribution >= 4 is 22.3 Å². The van der Waals surface area contributed by atoms with Crippen LogP contribution in [0, 0.1) is 6.92 Å². The maximum Gasteiger partial charge on any atom is 0.229 e. The highest BCUT2D eigenvalue weighted by molar-refractivity contribution is 7.13. The first-order chi connectivity index (χ1) is 13.9. The summed E-state index contributed by atoms with van der Waals surface area (Å²) < 4.78 is 16.5. The Kier molecular flexibility index (Phi) is 5.38. The van der Waals surface area contributed by atoms with Gasteiger partial charge in [0.15, 0.2) is 0 Å². The Morgan fingerprint density at radius 2 is 2.00 bits per heavy atom. The number of nitrogens with zero attached hydrogens (tertiary/aromatic N) is 1. The minimum absolute atomic E-state index is 0.211. The number of rotatable bonds is 4. The standard InChI is InChI=1S/C19H19NO8S/c1-8-7-29-18(20-8)11-6-26-12-4-9(2-3-10(12)14(11)22)27-19-17(25)16(24)15(23)13(5-21)28-19/h2-4,6-7,13,15-17,19,21,23-25H,5H2,1H3/t13-,15+,16+,17-,19-/m0/s1. The van der Waals surface area contributed by atoms with Gasteiger partial charge in [-0.1, -0.05) is 0 Å². The van der Waals surface area contributed by atoms with Gasteiger partial charge in [0.2, 0.25) is 11.7 Å². The van der Waals surface area contributed by atoms with Gasteiger partial charge in [-0.3, -0.25) is 4.79 Å². The maximum atomic E-state index is 12.8. The van der Waals surface area contributed by atoms with Crippen LogP contribution in [0.2, 0.25) is 0 Å². The van der Waals surface area contributed by atoms with Gasteiger partial charge in [-0.2, -0.15) is 0 Å². The van der Waals surface area contributed by atoms with E-state index in [1.165, 1.54) is 35.8 Å². The molecule has 0 spiro atoms. The second kappa shape index (κ2) is 7.82. The summed E-state index contributed by atoms with van der Waals surface area (Å²) in [6, 6.07) is 4.47. The van der Waals surface area contributed by atoms with Crippen LogP contribution in [-0.2, 0) is 4.74 Å². The molecule has 9 nitrogen and oxygen atoms in total. The zero-order valence-corrected chi connectivity index (χ0v) is 16.1. The quantitative estimate of drug-likeness (QED) is 0.471. The van der Waals surface area contributed by atoms with Gasteiger partial charge in [0.05, 0.1) is 17.6 Å². The number of hydrogen-bond acceptors (Lipinski definition) is 10. The van der Waals surface area contributed by atoms with Crippen LogP contribution in [0.25, 0.3) is 21.5 Å². The Balaban J connectivity index is 1.62. The Morgan fingerprint density at radius 1 is 1.21 bits per heavy atom. The molecule has 3 heterocycles. The molecule has 1 aliphatic heterocycles. The molecule has 1 saturated heterocycles. The van der Waals surface area contributed by atoms with E-state index in [-0.39, 0.29) is 16.8 Å². The molecule has 0 amide bonds. The van der Waals surface area contributed by atoms with Crippen LogP contribution >= 0.6 is 11.3 Å². The van der Waals surface area contributed by atoms with Crippen molar-refractivity contribution in [3.05, 3.63) is 45.8 Å². The smallest absolute Gasteiger partial charge is 0.229 e. The van der Waals surface area contributed by atoms with Gasteiger partial charge in [0, 0.05) is 17.1 Å². The van der Waals surface area contributed by atoms with Crippen molar-refractivity contribution in [2.24, 2.45) is 0 Å². The van der Waals surface area contributed by atoms with Crippen LogP contribution in [-0.4, -0.2) is 62.7 Å². The van der Waals surface area contributed by atoms with Crippen molar-refractivity contribution in [3.63, 3.8) is 0 Å². The molecule has 29 heavy (non-hydrogen) atoms. The highest BCUT2D eigenvalue weighted by Crippen LogP contribution is 2.28. The molecule has 0 radical (unpaired) electrons. The van der Waals surface area contributed by atoms with Crippen LogP contribution in [0.15, 0.2) is 39.1 Å². The van der Waals surface area contributed by atoms with Gasteiger partial charge in [-0.15, -0.1) is 11.3 Å². The lowest BCUT2D eigenvalue weighted by Crippen LogP contribution is -2.60. The topological polar surface area (TPSA) is 142 Å². The molecule has 4 N–H and O–H groups in total. The van der Waals surface area contributed by atoms with E-state index in [1.807, 2.05) is 12.3 Å². The van der Waals surface area contributed by atoms with Crippen LogP contribution in [0.5, 0.6) is 5.75 Å². The first-order valence-corrected chi connectivity index (χ1v) is 9.72. The van der Waals surface area contributed by atoms with Gasteiger partial charge in [-0.25, -0.2) is 4.98 Å². The minimum Gasteiger partial charge on any atom is -0.463 e. The maximum absolute atomic E-state index is 12.8. The van der Waals surface area contributed by atoms with Gasteiger partial charge in [0.25, 0.3) is 0 Å². The summed E-state index contributed by atoms with van der Waals surface area (Å²) in [5.74, 6) is 0.211. The molecular formula is C19H19NO8S. The Hall–Kier alpha value is -2.34. The molecule has 0 saturated carbocycles. The molecule has 1 aromatic carbocycles. The van der Waals surface area contributed by atoms with E-state index in [2.05, 4.69) is 4.98 Å². The van der Waals surface area contributed by atoms with Crippen LogP contribution in [0.3, 0.4) is 0 Å². The van der Waals surface area contributed by atoms with Gasteiger partial charge in [-0.05, 0) is 19.1 Å². The fourth-order valence-corrected chi connectivity index (χ4v) is 3.91. The molecule has 10 heteroatoms. The van der Waals surface area contributed by atoms with Crippen molar-refractivity contribution in [3.8, 4) is 16.3 Å². The molecule has 154 valence electrons. The van der Waals surface area contributed by atoms with Crippen molar-refractivity contribution in [1.29, 1.82) is 0 Å². The third kappa shape index (κ3) is 3.66. The van der Waals surface area contributed by atoms with Crippen LogP contribution < -0.4 is 10.2 Å². The molecule has 4 rings (SSSR count). The molecule has 1 fully saturated rings. The van der Waals surface area contributed by atoms with Crippen molar-refractivity contribution in [2.45, 2.75) is 37.6 Å². The molecule has 0 aliphatic carbocycles. The number of hydrogen-bond donors (Lipinski definition) is 4. The molecule has 3 aromatic rings. The SMILES string of the molecule is Cc1csc(-c2coc3cc(O[C@H]4O[C@@H](CO)[C@@H](O)[C@@H](O)[C@@H]4O)ccc3c2=O)n1. The first kappa shape index (κ1) is 20.0. The number of aliphatic hydroxyl groups excluding tert-OH is 4. The minimum atomic E-state index is -1.55. The molecule has 0 unspecified atom stereocenters. The number of aromatic nitrogens is 1. The Labute approximate surface area is 168 Å². The van der Waals surface area contributed by atoms with E-state index in [1.54, 1.807) is 0 Å². The Morgan fingerprint density at radius 3 is 2.69 bits per heavy atom. The van der Waals surface area contributed by atoms with Crippen LogP contribution in [0.1, 0.15) is 5.69 Å². The lowest BCUT2D eigenvalue weighted by Gasteiger charge is -2.39. The lowest BCUT2D eigenvalue weighted by atomic mass is 9.99. The fraction of sp³-hybridized carbons (Fsp3) is 0.368. The third-order valence-corrected chi connectivity index (χ3v) is 5.69. The highest BCUT2D eigenvalue weighted by atomic mass is 32.1. The normalized spacial score (nSPS) is 27.3. The summed E-state index contributed by atoms with van der Waals surface area (Å²) in [6.07, 6.45) is -5.63. The molecular weight excluding hydrogens is 402 g/mol. The summed E-state index contributed by atoms with van der Waals surface area (Å²) in [5.41, 5.74) is 1.19. The largest absolute Gasteiger partial charge is 0.463 e. The lowest BCUT2D eigenvalue weighted by molar-refractivity contribution is -0.277. The van der Waals surface area contributed by atoms with E-state index in [9.17, 15) is 25.2 Å². The van der Waals surface area contributed by atoms with Gasteiger partial charge < -0.3 is 34.3 Å². The number of fused-ring (bicyclic) bond motifs is 1. The highest BCUT2D eigenvalue weighted by Gasteiger charge is 2.44. The fourth-order valence-electron chi connectivity index (χ4n) is 3.11. The summed E-state index contributed by atoms with van der Waals surface area (Å²) in [4.78, 5) is 17.1. The number of benzene rings is 1. The summed E-state index contributed by atoms with van der Waals surface area (Å²) in [7, 11) is 0. The predicted octanol–water partition coefficient (Wildman–Crippen LogP) is 0.404. The average Bonchev–Trinajstić information content (AvgIpc) is 3.14. The summed E-state index contributed by atoms with van der Waals surface area (Å²) in [5, 5.41) is 41.8. The first-order valence-electron chi connectivity index (χ1n) is 8.84. The van der Waals surface area contributed by atoms with Crippen molar-refractivity contribution in [1.82, 2.24) is 4.98 Å².